The van der Waals surface area contributed by atoms with E-state index in [-0.39, 0.29) is 15.7 Å². The molecule has 0 saturated heterocycles. The standard InChI is InChI=1S/C12H10N4O2S3/c1-21(18)12-15-8(5-3-2-4-19-5)6-7(13)9(10(14)17)20-11(6)16-12/h2-4H,13H2,1H3,(H2,14,17). The van der Waals surface area contributed by atoms with Gasteiger partial charge in [0.25, 0.3) is 5.91 Å². The molecule has 0 aliphatic rings. The summed E-state index contributed by atoms with van der Waals surface area (Å²) in [6.07, 6.45) is 1.51. The first-order valence-corrected chi connectivity index (χ1v) is 9.01. The van der Waals surface area contributed by atoms with Gasteiger partial charge in [-0.15, -0.1) is 22.7 Å². The molecule has 0 aromatic carbocycles. The van der Waals surface area contributed by atoms with Gasteiger partial charge in [0.15, 0.2) is 0 Å². The predicted octanol–water partition coefficient (Wildman–Crippen LogP) is 1.84. The number of nitrogens with zero attached hydrogens (tertiary/aromatic N) is 2. The van der Waals surface area contributed by atoms with E-state index in [1.165, 1.54) is 17.6 Å². The van der Waals surface area contributed by atoms with Gasteiger partial charge in [-0.3, -0.25) is 9.00 Å². The maximum absolute atomic E-state index is 11.7. The van der Waals surface area contributed by atoms with Crippen LogP contribution in [-0.2, 0) is 10.8 Å². The fraction of sp³-hybridized carbons (Fsp3) is 0.0833. The number of fused-ring (bicyclic) bond motifs is 1. The second-order valence-electron chi connectivity index (χ2n) is 4.18. The zero-order valence-electron chi connectivity index (χ0n) is 10.8. The molecule has 0 radical (unpaired) electrons. The largest absolute Gasteiger partial charge is 0.397 e. The van der Waals surface area contributed by atoms with E-state index >= 15 is 0 Å². The van der Waals surface area contributed by atoms with Crippen LogP contribution in [0.15, 0.2) is 22.7 Å². The average Bonchev–Trinajstić information content (AvgIpc) is 3.06. The third kappa shape index (κ3) is 2.33. The highest BCUT2D eigenvalue weighted by molar-refractivity contribution is 7.84. The minimum atomic E-state index is -1.33. The van der Waals surface area contributed by atoms with Gasteiger partial charge < -0.3 is 11.5 Å². The highest BCUT2D eigenvalue weighted by atomic mass is 32.2. The van der Waals surface area contributed by atoms with Crippen molar-refractivity contribution in [3.63, 3.8) is 0 Å². The number of hydrogen-bond acceptors (Lipinski definition) is 7. The molecule has 1 atom stereocenters. The minimum Gasteiger partial charge on any atom is -0.397 e. The monoisotopic (exact) mass is 338 g/mol. The molecule has 0 bridgehead atoms. The van der Waals surface area contributed by atoms with Gasteiger partial charge in [0, 0.05) is 6.26 Å². The van der Waals surface area contributed by atoms with E-state index in [9.17, 15) is 9.00 Å². The number of carbonyl (C=O) groups is 1. The van der Waals surface area contributed by atoms with Crippen molar-refractivity contribution in [1.29, 1.82) is 0 Å². The molecule has 1 unspecified atom stereocenters. The number of carbonyl (C=O) groups excluding carboxylic acids is 1. The molecule has 6 nitrogen and oxygen atoms in total. The molecule has 1 amide bonds. The summed E-state index contributed by atoms with van der Waals surface area (Å²) < 4.78 is 11.7. The first-order valence-electron chi connectivity index (χ1n) is 5.76. The van der Waals surface area contributed by atoms with Crippen molar-refractivity contribution in [2.45, 2.75) is 5.16 Å². The van der Waals surface area contributed by atoms with Crippen molar-refractivity contribution in [2.75, 3.05) is 12.0 Å². The number of nitrogens with two attached hydrogens (primary N) is 2. The number of nitrogen functional groups attached to an aromatic ring is 1. The summed E-state index contributed by atoms with van der Waals surface area (Å²) in [4.78, 5) is 21.7. The molecule has 0 fully saturated rings. The van der Waals surface area contributed by atoms with E-state index in [0.29, 0.717) is 15.9 Å². The third-order valence-corrected chi connectivity index (χ3v) is 5.49. The van der Waals surface area contributed by atoms with E-state index in [0.717, 1.165) is 16.2 Å². The van der Waals surface area contributed by atoms with Gasteiger partial charge >= 0.3 is 0 Å². The highest BCUT2D eigenvalue weighted by Gasteiger charge is 2.21. The molecule has 0 saturated carbocycles. The number of thiophene rings is 2. The lowest BCUT2D eigenvalue weighted by molar-refractivity contribution is 0.100. The van der Waals surface area contributed by atoms with Gasteiger partial charge in [0.1, 0.15) is 9.71 Å². The first-order chi connectivity index (χ1) is 9.99. The number of anilines is 1. The predicted molar refractivity (Wildman–Crippen MR) is 86.0 cm³/mol. The molecule has 4 N–H and O–H groups in total. The van der Waals surface area contributed by atoms with Gasteiger partial charge in [-0.25, -0.2) is 9.97 Å². The molecular formula is C12H10N4O2S3. The van der Waals surface area contributed by atoms with E-state index in [4.69, 9.17) is 11.5 Å². The van der Waals surface area contributed by atoms with Crippen LogP contribution < -0.4 is 11.5 Å². The number of aromatic nitrogens is 2. The third-order valence-electron chi connectivity index (χ3n) is 2.80. The Balaban J connectivity index is 2.42. The maximum atomic E-state index is 11.7. The summed E-state index contributed by atoms with van der Waals surface area (Å²) in [5.74, 6) is -0.605. The molecule has 0 spiro atoms. The number of primary amides is 1. The van der Waals surface area contributed by atoms with Crippen LogP contribution in [0.2, 0.25) is 0 Å². The summed E-state index contributed by atoms with van der Waals surface area (Å²) in [5.41, 5.74) is 12.2. The molecule has 3 aromatic rings. The maximum Gasteiger partial charge on any atom is 0.260 e. The summed E-state index contributed by atoms with van der Waals surface area (Å²) in [6, 6.07) is 3.77. The lowest BCUT2D eigenvalue weighted by Crippen LogP contribution is -2.10. The van der Waals surface area contributed by atoms with E-state index < -0.39 is 16.7 Å². The van der Waals surface area contributed by atoms with Crippen molar-refractivity contribution in [3.8, 4) is 10.6 Å². The van der Waals surface area contributed by atoms with Crippen LogP contribution >= 0.6 is 22.7 Å². The number of hydrogen-bond donors (Lipinski definition) is 2. The quantitative estimate of drug-likeness (QED) is 0.708. The van der Waals surface area contributed by atoms with Crippen LogP contribution in [0, 0.1) is 0 Å². The first kappa shape index (κ1) is 14.1. The van der Waals surface area contributed by atoms with Crippen molar-refractivity contribution in [3.05, 3.63) is 22.4 Å². The normalized spacial score (nSPS) is 12.6. The van der Waals surface area contributed by atoms with Crippen molar-refractivity contribution >= 4 is 55.3 Å². The van der Waals surface area contributed by atoms with Crippen molar-refractivity contribution < 1.29 is 9.00 Å². The second kappa shape index (κ2) is 5.17. The summed E-state index contributed by atoms with van der Waals surface area (Å²) in [5, 5.41) is 2.71. The molecule has 108 valence electrons. The molecule has 9 heteroatoms. The Labute approximate surface area is 130 Å². The molecule has 0 aliphatic heterocycles. The smallest absolute Gasteiger partial charge is 0.260 e. The molecule has 3 aromatic heterocycles. The Morgan fingerprint density at radius 3 is 2.71 bits per heavy atom. The Kier molecular flexibility index (Phi) is 3.47. The van der Waals surface area contributed by atoms with Crippen molar-refractivity contribution in [2.24, 2.45) is 5.73 Å². The number of amides is 1. The molecule has 3 heterocycles. The van der Waals surface area contributed by atoms with E-state index in [1.54, 1.807) is 0 Å². The summed E-state index contributed by atoms with van der Waals surface area (Å²) >= 11 is 2.58. The van der Waals surface area contributed by atoms with Crippen LogP contribution in [0.1, 0.15) is 9.67 Å². The van der Waals surface area contributed by atoms with Gasteiger partial charge in [-0.05, 0) is 11.4 Å². The Morgan fingerprint density at radius 2 is 2.14 bits per heavy atom. The summed E-state index contributed by atoms with van der Waals surface area (Å²) in [7, 11) is -1.33. The van der Waals surface area contributed by atoms with Crippen LogP contribution in [0.5, 0.6) is 0 Å². The molecule has 21 heavy (non-hydrogen) atoms. The Morgan fingerprint density at radius 1 is 1.38 bits per heavy atom. The highest BCUT2D eigenvalue weighted by Crippen LogP contribution is 2.39. The van der Waals surface area contributed by atoms with Gasteiger partial charge in [-0.2, -0.15) is 0 Å². The molecule has 3 rings (SSSR count). The minimum absolute atomic E-state index is 0.211. The average molecular weight is 338 g/mol. The van der Waals surface area contributed by atoms with Gasteiger partial charge in [0.2, 0.25) is 5.16 Å². The summed E-state index contributed by atoms with van der Waals surface area (Å²) in [6.45, 7) is 0. The van der Waals surface area contributed by atoms with Crippen LogP contribution in [0.4, 0.5) is 5.69 Å². The topological polar surface area (TPSA) is 112 Å². The lowest BCUT2D eigenvalue weighted by Gasteiger charge is -2.03. The van der Waals surface area contributed by atoms with Crippen LogP contribution in [0.3, 0.4) is 0 Å². The van der Waals surface area contributed by atoms with Gasteiger partial charge in [0.05, 0.1) is 32.4 Å². The second-order valence-corrected chi connectivity index (χ2v) is 7.40. The van der Waals surface area contributed by atoms with Crippen molar-refractivity contribution in [1.82, 2.24) is 9.97 Å². The van der Waals surface area contributed by atoms with Gasteiger partial charge in [-0.1, -0.05) is 6.07 Å². The Bertz CT molecular complexity index is 870. The molecular weight excluding hydrogens is 328 g/mol. The molecule has 0 aliphatic carbocycles. The zero-order valence-corrected chi connectivity index (χ0v) is 13.3. The fourth-order valence-corrected chi connectivity index (χ4v) is 4.07. The van der Waals surface area contributed by atoms with Crippen LogP contribution in [-0.4, -0.2) is 26.3 Å². The van der Waals surface area contributed by atoms with E-state index in [2.05, 4.69) is 9.97 Å². The fourth-order valence-electron chi connectivity index (χ4n) is 1.91. The zero-order chi connectivity index (χ0) is 15.1. The number of rotatable bonds is 3. The van der Waals surface area contributed by atoms with Crippen LogP contribution in [0.25, 0.3) is 20.8 Å². The Hall–Kier alpha value is -1.84. The lowest BCUT2D eigenvalue weighted by atomic mass is 10.2. The SMILES string of the molecule is CS(=O)c1nc(-c2cccs2)c2c(N)c(C(N)=O)sc2n1. The van der Waals surface area contributed by atoms with E-state index in [1.807, 2.05) is 17.5 Å².